The first-order valence-electron chi connectivity index (χ1n) is 6.67. The molecule has 0 radical (unpaired) electrons. The third-order valence-corrected chi connectivity index (χ3v) is 5.65. The largest absolute Gasteiger partial charge is 0.396 e. The highest BCUT2D eigenvalue weighted by Crippen LogP contribution is 2.29. The van der Waals surface area contributed by atoms with Crippen LogP contribution in [0.5, 0.6) is 0 Å². The molecule has 0 spiro atoms. The fraction of sp³-hybridized carbons (Fsp3) is 0.571. The summed E-state index contributed by atoms with van der Waals surface area (Å²) in [5.74, 6) is 0.415. The van der Waals surface area contributed by atoms with Crippen LogP contribution in [0.25, 0.3) is 0 Å². The molecule has 0 aliphatic carbocycles. The van der Waals surface area contributed by atoms with Crippen LogP contribution in [-0.2, 0) is 16.4 Å². The maximum Gasteiger partial charge on any atom is 0.243 e. The van der Waals surface area contributed by atoms with Gasteiger partial charge < -0.3 is 5.11 Å². The predicted octanol–water partition coefficient (Wildman–Crippen LogP) is 1.64. The van der Waals surface area contributed by atoms with Crippen molar-refractivity contribution >= 4 is 10.0 Å². The predicted molar refractivity (Wildman–Crippen MR) is 74.4 cm³/mol. The summed E-state index contributed by atoms with van der Waals surface area (Å²) in [7, 11) is -3.38. The Kier molecular flexibility index (Phi) is 4.28. The van der Waals surface area contributed by atoms with E-state index in [-0.39, 0.29) is 12.6 Å². The second kappa shape index (κ2) is 5.61. The van der Waals surface area contributed by atoms with E-state index in [2.05, 4.69) is 6.92 Å². The normalized spacial score (nSPS) is 24.8. The molecule has 1 heterocycles. The SMILES string of the molecule is CC1CC(C)N(S(=O)(=O)c2ccc(CCO)cc2)C1. The van der Waals surface area contributed by atoms with Gasteiger partial charge in [-0.25, -0.2) is 8.42 Å². The van der Waals surface area contributed by atoms with Gasteiger partial charge in [-0.15, -0.1) is 0 Å². The molecule has 1 saturated heterocycles. The zero-order chi connectivity index (χ0) is 14.0. The van der Waals surface area contributed by atoms with Gasteiger partial charge in [-0.1, -0.05) is 19.1 Å². The minimum absolute atomic E-state index is 0.0668. The van der Waals surface area contributed by atoms with Crippen LogP contribution in [0.1, 0.15) is 25.8 Å². The van der Waals surface area contributed by atoms with Gasteiger partial charge in [0, 0.05) is 19.2 Å². The van der Waals surface area contributed by atoms with Gasteiger partial charge in [-0.2, -0.15) is 4.31 Å². The Morgan fingerprint density at radius 3 is 2.37 bits per heavy atom. The Balaban J connectivity index is 2.24. The van der Waals surface area contributed by atoms with Gasteiger partial charge in [0.25, 0.3) is 0 Å². The molecule has 2 atom stereocenters. The molecule has 1 N–H and O–H groups in total. The zero-order valence-corrected chi connectivity index (χ0v) is 12.2. The molecule has 4 nitrogen and oxygen atoms in total. The topological polar surface area (TPSA) is 57.6 Å². The smallest absolute Gasteiger partial charge is 0.243 e. The average molecular weight is 283 g/mol. The van der Waals surface area contributed by atoms with Crippen LogP contribution >= 0.6 is 0 Å². The van der Waals surface area contributed by atoms with Crippen LogP contribution < -0.4 is 0 Å². The summed E-state index contributed by atoms with van der Waals surface area (Å²) in [5, 5.41) is 8.86. The maximum atomic E-state index is 12.5. The molecule has 19 heavy (non-hydrogen) atoms. The summed E-state index contributed by atoms with van der Waals surface area (Å²) < 4.78 is 26.7. The molecular weight excluding hydrogens is 262 g/mol. The van der Waals surface area contributed by atoms with Gasteiger partial charge in [0.1, 0.15) is 0 Å². The first-order valence-corrected chi connectivity index (χ1v) is 8.11. The molecule has 0 amide bonds. The molecule has 0 saturated carbocycles. The first-order chi connectivity index (χ1) is 8.95. The minimum Gasteiger partial charge on any atom is -0.396 e. The molecule has 1 fully saturated rings. The monoisotopic (exact) mass is 283 g/mol. The number of aliphatic hydroxyl groups is 1. The van der Waals surface area contributed by atoms with Gasteiger partial charge in [0.05, 0.1) is 4.90 Å². The second-order valence-corrected chi connectivity index (χ2v) is 7.27. The number of aliphatic hydroxyl groups excluding tert-OH is 1. The zero-order valence-electron chi connectivity index (χ0n) is 11.4. The molecule has 2 rings (SSSR count). The van der Waals surface area contributed by atoms with Crippen molar-refractivity contribution in [2.75, 3.05) is 13.2 Å². The number of rotatable bonds is 4. The summed E-state index contributed by atoms with van der Waals surface area (Å²) in [4.78, 5) is 0.343. The molecule has 1 aliphatic heterocycles. The van der Waals surface area contributed by atoms with E-state index in [9.17, 15) is 8.42 Å². The summed E-state index contributed by atoms with van der Waals surface area (Å²) in [6, 6.07) is 6.88. The van der Waals surface area contributed by atoms with E-state index >= 15 is 0 Å². The van der Waals surface area contributed by atoms with Crippen molar-refractivity contribution in [1.82, 2.24) is 4.31 Å². The Morgan fingerprint density at radius 1 is 1.26 bits per heavy atom. The van der Waals surface area contributed by atoms with E-state index in [1.54, 1.807) is 28.6 Å². The number of benzene rings is 1. The number of nitrogens with zero attached hydrogens (tertiary/aromatic N) is 1. The van der Waals surface area contributed by atoms with Crippen LogP contribution in [0.2, 0.25) is 0 Å². The molecule has 2 unspecified atom stereocenters. The van der Waals surface area contributed by atoms with Crippen molar-refractivity contribution in [1.29, 1.82) is 0 Å². The second-order valence-electron chi connectivity index (χ2n) is 5.38. The summed E-state index contributed by atoms with van der Waals surface area (Å²) in [6.07, 6.45) is 1.47. The molecule has 0 aromatic heterocycles. The Bertz CT molecular complexity index is 524. The van der Waals surface area contributed by atoms with Gasteiger partial charge in [-0.05, 0) is 43.4 Å². The van der Waals surface area contributed by atoms with E-state index in [4.69, 9.17) is 5.11 Å². The van der Waals surface area contributed by atoms with Crippen molar-refractivity contribution in [3.63, 3.8) is 0 Å². The van der Waals surface area contributed by atoms with Gasteiger partial charge in [0.2, 0.25) is 10.0 Å². The van der Waals surface area contributed by atoms with E-state index in [1.165, 1.54) is 0 Å². The number of hydrogen-bond donors (Lipinski definition) is 1. The average Bonchev–Trinajstić information content (AvgIpc) is 2.70. The fourth-order valence-corrected chi connectivity index (χ4v) is 4.45. The van der Waals surface area contributed by atoms with Crippen LogP contribution in [0.4, 0.5) is 0 Å². The molecular formula is C14H21NO3S. The summed E-state index contributed by atoms with van der Waals surface area (Å²) >= 11 is 0. The van der Waals surface area contributed by atoms with Crippen molar-refractivity contribution in [3.05, 3.63) is 29.8 Å². The van der Waals surface area contributed by atoms with Gasteiger partial charge >= 0.3 is 0 Å². The Morgan fingerprint density at radius 2 is 1.89 bits per heavy atom. The lowest BCUT2D eigenvalue weighted by atomic mass is 10.1. The van der Waals surface area contributed by atoms with Crippen LogP contribution in [0.15, 0.2) is 29.2 Å². The van der Waals surface area contributed by atoms with E-state index in [0.29, 0.717) is 23.8 Å². The highest BCUT2D eigenvalue weighted by molar-refractivity contribution is 7.89. The first kappa shape index (κ1) is 14.5. The fourth-order valence-electron chi connectivity index (χ4n) is 2.69. The maximum absolute atomic E-state index is 12.5. The van der Waals surface area contributed by atoms with Crippen LogP contribution in [-0.4, -0.2) is 37.0 Å². The number of hydrogen-bond acceptors (Lipinski definition) is 3. The molecule has 1 aromatic rings. The van der Waals surface area contributed by atoms with E-state index < -0.39 is 10.0 Å². The molecule has 0 bridgehead atoms. The third kappa shape index (κ3) is 2.99. The summed E-state index contributed by atoms with van der Waals surface area (Å²) in [5.41, 5.74) is 0.948. The Hall–Kier alpha value is -0.910. The van der Waals surface area contributed by atoms with Crippen molar-refractivity contribution in [3.8, 4) is 0 Å². The van der Waals surface area contributed by atoms with Crippen LogP contribution in [0.3, 0.4) is 0 Å². The van der Waals surface area contributed by atoms with Crippen molar-refractivity contribution in [2.24, 2.45) is 5.92 Å². The molecule has 106 valence electrons. The lowest BCUT2D eigenvalue weighted by Gasteiger charge is -2.21. The van der Waals surface area contributed by atoms with Crippen LogP contribution in [0, 0.1) is 5.92 Å². The quantitative estimate of drug-likeness (QED) is 0.914. The minimum atomic E-state index is -3.38. The lowest BCUT2D eigenvalue weighted by molar-refractivity contribution is 0.299. The van der Waals surface area contributed by atoms with Crippen molar-refractivity contribution in [2.45, 2.75) is 37.6 Å². The summed E-state index contributed by atoms with van der Waals surface area (Å²) in [6.45, 7) is 4.71. The molecule has 1 aromatic carbocycles. The highest BCUT2D eigenvalue weighted by Gasteiger charge is 2.35. The van der Waals surface area contributed by atoms with Gasteiger partial charge in [0.15, 0.2) is 0 Å². The lowest BCUT2D eigenvalue weighted by Crippen LogP contribution is -2.33. The third-order valence-electron chi connectivity index (χ3n) is 3.66. The van der Waals surface area contributed by atoms with Gasteiger partial charge in [-0.3, -0.25) is 0 Å². The molecule has 1 aliphatic rings. The van der Waals surface area contributed by atoms with E-state index in [0.717, 1.165) is 12.0 Å². The molecule has 5 heteroatoms. The highest BCUT2D eigenvalue weighted by atomic mass is 32.2. The standard InChI is InChI=1S/C14H21NO3S/c1-11-9-12(2)15(10-11)19(17,18)14-5-3-13(4-6-14)7-8-16/h3-6,11-12,16H,7-10H2,1-2H3. The Labute approximate surface area is 115 Å². The number of sulfonamides is 1. The van der Waals surface area contributed by atoms with E-state index in [1.807, 2.05) is 6.92 Å². The van der Waals surface area contributed by atoms with Crippen molar-refractivity contribution < 1.29 is 13.5 Å².